The monoisotopic (exact) mass is 390 g/mol. The molecule has 3 aromatic carbocycles. The Balaban J connectivity index is 1.54. The van der Waals surface area contributed by atoms with Gasteiger partial charge in [0.2, 0.25) is 0 Å². The van der Waals surface area contributed by atoms with E-state index in [2.05, 4.69) is 86.1 Å². The van der Waals surface area contributed by atoms with E-state index in [-0.39, 0.29) is 0 Å². The number of aryl methyl sites for hydroxylation is 2. The topological polar surface area (TPSA) is 0 Å². The Kier molecular flexibility index (Phi) is 8.38. The molecule has 0 unspecified atom stereocenters. The second-order valence-electron chi connectivity index (χ2n) is 7.80. The number of hydrogen-bond donors (Lipinski definition) is 0. The van der Waals surface area contributed by atoms with Gasteiger partial charge in [-0.25, -0.2) is 0 Å². The molecule has 0 atom stereocenters. The molecule has 3 rings (SSSR count). The minimum atomic E-state index is 1.00. The second kappa shape index (κ2) is 11.7. The van der Waals surface area contributed by atoms with E-state index in [1.807, 2.05) is 24.3 Å². The maximum atomic E-state index is 3.27. The molecule has 0 bridgehead atoms. The van der Waals surface area contributed by atoms with Gasteiger partial charge in [0, 0.05) is 22.3 Å². The highest BCUT2D eigenvalue weighted by molar-refractivity contribution is 5.48. The third-order valence-corrected chi connectivity index (χ3v) is 5.16. The van der Waals surface area contributed by atoms with Crippen LogP contribution < -0.4 is 0 Å². The van der Waals surface area contributed by atoms with Gasteiger partial charge in [0.15, 0.2) is 0 Å². The predicted octanol–water partition coefficient (Wildman–Crippen LogP) is 7.31. The van der Waals surface area contributed by atoms with Gasteiger partial charge in [-0.2, -0.15) is 0 Å². The van der Waals surface area contributed by atoms with Crippen molar-refractivity contribution in [1.82, 2.24) is 0 Å². The van der Waals surface area contributed by atoms with Crippen molar-refractivity contribution in [2.75, 3.05) is 0 Å². The second-order valence-corrected chi connectivity index (χ2v) is 7.80. The van der Waals surface area contributed by atoms with Gasteiger partial charge in [-0.1, -0.05) is 86.1 Å². The molecule has 0 heteroatoms. The van der Waals surface area contributed by atoms with Crippen LogP contribution in [0.25, 0.3) is 0 Å². The molecule has 150 valence electrons. The third kappa shape index (κ3) is 7.31. The van der Waals surface area contributed by atoms with Gasteiger partial charge < -0.3 is 0 Å². The number of unbranched alkanes of at least 4 members (excludes halogenated alkanes) is 4. The van der Waals surface area contributed by atoms with Crippen molar-refractivity contribution in [3.05, 3.63) is 106 Å². The summed E-state index contributed by atoms with van der Waals surface area (Å²) >= 11 is 0. The molecule has 0 fully saturated rings. The molecule has 0 aromatic heterocycles. The summed E-state index contributed by atoms with van der Waals surface area (Å²) in [6, 6.07) is 25.1. The van der Waals surface area contributed by atoms with Crippen LogP contribution in [0.1, 0.15) is 72.4 Å². The molecular formula is C30H30. The Hall–Kier alpha value is -3.22. The van der Waals surface area contributed by atoms with Gasteiger partial charge in [-0.05, 0) is 73.9 Å². The van der Waals surface area contributed by atoms with Crippen LogP contribution in [-0.2, 0) is 6.42 Å². The summed E-state index contributed by atoms with van der Waals surface area (Å²) in [6.45, 7) is 4.34. The van der Waals surface area contributed by atoms with Crippen molar-refractivity contribution < 1.29 is 0 Å². The highest BCUT2D eigenvalue weighted by Gasteiger charge is 1.95. The van der Waals surface area contributed by atoms with E-state index in [0.29, 0.717) is 0 Å². The molecule has 0 saturated heterocycles. The van der Waals surface area contributed by atoms with Crippen LogP contribution in [0, 0.1) is 30.6 Å². The Morgan fingerprint density at radius 2 is 0.900 bits per heavy atom. The van der Waals surface area contributed by atoms with E-state index in [1.165, 1.54) is 49.7 Å². The summed E-state index contributed by atoms with van der Waals surface area (Å²) in [5.41, 5.74) is 6.77. The predicted molar refractivity (Wildman–Crippen MR) is 128 cm³/mol. The molecule has 0 aliphatic heterocycles. The fourth-order valence-electron chi connectivity index (χ4n) is 3.25. The first-order chi connectivity index (χ1) is 14.7. The maximum Gasteiger partial charge on any atom is 0.0249 e. The Morgan fingerprint density at radius 3 is 1.37 bits per heavy atom. The molecule has 0 heterocycles. The van der Waals surface area contributed by atoms with Crippen LogP contribution in [-0.4, -0.2) is 0 Å². The van der Waals surface area contributed by atoms with Gasteiger partial charge in [0.1, 0.15) is 0 Å². The molecule has 30 heavy (non-hydrogen) atoms. The Labute approximate surface area is 182 Å². The normalized spacial score (nSPS) is 9.93. The highest BCUT2D eigenvalue weighted by atomic mass is 14.0. The van der Waals surface area contributed by atoms with Crippen molar-refractivity contribution in [2.45, 2.75) is 52.4 Å². The first-order valence-corrected chi connectivity index (χ1v) is 11.0. The van der Waals surface area contributed by atoms with Crippen LogP contribution in [0.3, 0.4) is 0 Å². The molecule has 0 saturated carbocycles. The van der Waals surface area contributed by atoms with Gasteiger partial charge in [-0.3, -0.25) is 0 Å². The minimum absolute atomic E-state index is 1.00. The van der Waals surface area contributed by atoms with E-state index in [0.717, 1.165) is 22.3 Å². The summed E-state index contributed by atoms with van der Waals surface area (Å²) in [5, 5.41) is 0. The van der Waals surface area contributed by atoms with Crippen molar-refractivity contribution >= 4 is 0 Å². The Morgan fingerprint density at radius 1 is 0.500 bits per heavy atom. The molecule has 0 nitrogen and oxygen atoms in total. The van der Waals surface area contributed by atoms with Crippen LogP contribution in [0.15, 0.2) is 72.8 Å². The molecule has 0 aliphatic rings. The lowest BCUT2D eigenvalue weighted by atomic mass is 10.0. The molecular weight excluding hydrogens is 360 g/mol. The summed E-state index contributed by atoms with van der Waals surface area (Å²) in [4.78, 5) is 0. The van der Waals surface area contributed by atoms with E-state index in [9.17, 15) is 0 Å². The van der Waals surface area contributed by atoms with Crippen molar-refractivity contribution in [1.29, 1.82) is 0 Å². The van der Waals surface area contributed by atoms with Crippen molar-refractivity contribution in [3.8, 4) is 23.7 Å². The smallest absolute Gasteiger partial charge is 0.0249 e. The third-order valence-electron chi connectivity index (χ3n) is 5.16. The summed E-state index contributed by atoms with van der Waals surface area (Å²) in [6.07, 6.45) is 7.80. The lowest BCUT2D eigenvalue weighted by Crippen LogP contribution is -1.86. The van der Waals surface area contributed by atoms with Crippen molar-refractivity contribution in [2.24, 2.45) is 0 Å². The van der Waals surface area contributed by atoms with Crippen LogP contribution in [0.5, 0.6) is 0 Å². The quantitative estimate of drug-likeness (QED) is 0.306. The SMILES string of the molecule is CCCCCCCc1ccc(C#Cc2ccc(C#Cc3ccc(C)cc3)cc2)cc1. The number of benzene rings is 3. The zero-order valence-corrected chi connectivity index (χ0v) is 18.2. The largest absolute Gasteiger partial charge is 0.0654 e. The minimum Gasteiger partial charge on any atom is -0.0654 e. The maximum absolute atomic E-state index is 3.27. The lowest BCUT2D eigenvalue weighted by Gasteiger charge is -2.01. The van der Waals surface area contributed by atoms with Gasteiger partial charge in [0.05, 0.1) is 0 Å². The van der Waals surface area contributed by atoms with Gasteiger partial charge >= 0.3 is 0 Å². The highest BCUT2D eigenvalue weighted by Crippen LogP contribution is 2.10. The van der Waals surface area contributed by atoms with E-state index < -0.39 is 0 Å². The average Bonchev–Trinajstić information content (AvgIpc) is 2.79. The fraction of sp³-hybridized carbons (Fsp3) is 0.267. The van der Waals surface area contributed by atoms with Crippen molar-refractivity contribution in [3.63, 3.8) is 0 Å². The molecule has 0 amide bonds. The average molecular weight is 391 g/mol. The Bertz CT molecular complexity index is 1030. The lowest BCUT2D eigenvalue weighted by molar-refractivity contribution is 0.632. The van der Waals surface area contributed by atoms with E-state index in [4.69, 9.17) is 0 Å². The first kappa shape index (κ1) is 21.5. The standard InChI is InChI=1S/C30H30/c1-3-4-5-6-7-8-26-13-15-28(16-14-26)19-20-30-23-21-29(22-24-30)18-17-27-11-9-25(2)10-12-27/h9-16,21-24H,3-8H2,1-2H3. The molecule has 0 N–H and O–H groups in total. The first-order valence-electron chi connectivity index (χ1n) is 11.0. The zero-order valence-electron chi connectivity index (χ0n) is 18.2. The van der Waals surface area contributed by atoms with E-state index in [1.54, 1.807) is 0 Å². The summed E-state index contributed by atoms with van der Waals surface area (Å²) in [5.74, 6) is 13.0. The van der Waals surface area contributed by atoms with Gasteiger partial charge in [-0.15, -0.1) is 0 Å². The fourth-order valence-corrected chi connectivity index (χ4v) is 3.25. The number of hydrogen-bond acceptors (Lipinski definition) is 0. The number of rotatable bonds is 6. The van der Waals surface area contributed by atoms with E-state index >= 15 is 0 Å². The molecule has 0 spiro atoms. The van der Waals surface area contributed by atoms with Crippen LogP contribution in [0.2, 0.25) is 0 Å². The summed E-state index contributed by atoms with van der Waals surface area (Å²) in [7, 11) is 0. The van der Waals surface area contributed by atoms with Crippen LogP contribution >= 0.6 is 0 Å². The van der Waals surface area contributed by atoms with Crippen LogP contribution in [0.4, 0.5) is 0 Å². The molecule has 0 radical (unpaired) electrons. The molecule has 3 aromatic rings. The van der Waals surface area contributed by atoms with Gasteiger partial charge in [0.25, 0.3) is 0 Å². The summed E-state index contributed by atoms with van der Waals surface area (Å²) < 4.78 is 0. The zero-order chi connectivity index (χ0) is 21.0. The molecule has 0 aliphatic carbocycles.